The molecule has 0 radical (unpaired) electrons. The van der Waals surface area contributed by atoms with Crippen molar-refractivity contribution in [3.63, 3.8) is 0 Å². The minimum Gasteiger partial charge on any atom is -0.399 e. The summed E-state index contributed by atoms with van der Waals surface area (Å²) >= 11 is 0. The smallest absolute Gasteiger partial charge is 0.0913 e. The van der Waals surface area contributed by atoms with E-state index in [1.165, 1.54) is 5.69 Å². The summed E-state index contributed by atoms with van der Waals surface area (Å²) < 4.78 is 0. The van der Waals surface area contributed by atoms with E-state index in [0.29, 0.717) is 5.82 Å². The Morgan fingerprint density at radius 3 is 2.12 bits per heavy atom. The van der Waals surface area contributed by atoms with Gasteiger partial charge in [-0.2, -0.15) is 0 Å². The molecule has 0 aromatic heterocycles. The van der Waals surface area contributed by atoms with Gasteiger partial charge in [0.15, 0.2) is 0 Å². The van der Waals surface area contributed by atoms with Crippen LogP contribution in [0.1, 0.15) is 0 Å². The average Bonchev–Trinajstić information content (AvgIpc) is 2.30. The van der Waals surface area contributed by atoms with Crippen molar-refractivity contribution in [2.45, 2.75) is 0 Å². The van der Waals surface area contributed by atoms with Crippen LogP contribution in [0.25, 0.3) is 0 Å². The largest absolute Gasteiger partial charge is 0.399 e. The second-order valence-electron chi connectivity index (χ2n) is 4.06. The molecule has 4 N–H and O–H groups in total. The van der Waals surface area contributed by atoms with Crippen LogP contribution in [0, 0.1) is 0 Å². The molecule has 1 aliphatic rings. The highest BCUT2D eigenvalue weighted by molar-refractivity contribution is 5.53. The third kappa shape index (κ3) is 2.21. The standard InChI is InChI=1S/C12H18N4/c1-10(13)15-6-8-16(9-7-15)12-4-2-11(14)3-5-12/h2-5H,1,6-9,13-14H2. The Labute approximate surface area is 96.1 Å². The molecule has 4 heteroatoms. The molecule has 16 heavy (non-hydrogen) atoms. The zero-order valence-corrected chi connectivity index (χ0v) is 9.39. The Kier molecular flexibility index (Phi) is 2.90. The maximum absolute atomic E-state index is 5.67. The van der Waals surface area contributed by atoms with Crippen molar-refractivity contribution < 1.29 is 0 Å². The van der Waals surface area contributed by atoms with Gasteiger partial charge in [-0.3, -0.25) is 0 Å². The predicted octanol–water partition coefficient (Wildman–Crippen LogP) is 0.821. The summed E-state index contributed by atoms with van der Waals surface area (Å²) in [5.74, 6) is 0.664. The van der Waals surface area contributed by atoms with E-state index in [2.05, 4.69) is 28.5 Å². The topological polar surface area (TPSA) is 58.5 Å². The van der Waals surface area contributed by atoms with Crippen molar-refractivity contribution in [3.8, 4) is 0 Å². The van der Waals surface area contributed by atoms with Gasteiger partial charge in [0.2, 0.25) is 0 Å². The molecular weight excluding hydrogens is 200 g/mol. The third-order valence-electron chi connectivity index (χ3n) is 2.94. The molecule has 0 unspecified atom stereocenters. The number of rotatable bonds is 2. The average molecular weight is 218 g/mol. The van der Waals surface area contributed by atoms with Gasteiger partial charge in [0, 0.05) is 37.6 Å². The summed E-state index contributed by atoms with van der Waals surface area (Å²) in [6.07, 6.45) is 0. The van der Waals surface area contributed by atoms with Crippen LogP contribution in [0.4, 0.5) is 11.4 Å². The number of piperazine rings is 1. The summed E-state index contributed by atoms with van der Waals surface area (Å²) in [4.78, 5) is 4.44. The molecule has 0 saturated carbocycles. The van der Waals surface area contributed by atoms with Crippen LogP contribution in [0.3, 0.4) is 0 Å². The lowest BCUT2D eigenvalue weighted by molar-refractivity contribution is 0.319. The summed E-state index contributed by atoms with van der Waals surface area (Å²) in [7, 11) is 0. The van der Waals surface area contributed by atoms with Gasteiger partial charge in [-0.05, 0) is 24.3 Å². The molecule has 4 nitrogen and oxygen atoms in total. The fourth-order valence-electron chi connectivity index (χ4n) is 1.94. The van der Waals surface area contributed by atoms with E-state index in [0.717, 1.165) is 31.9 Å². The molecule has 0 amide bonds. The lowest BCUT2D eigenvalue weighted by atomic mass is 10.2. The maximum Gasteiger partial charge on any atom is 0.0913 e. The summed E-state index contributed by atoms with van der Waals surface area (Å²) in [5, 5.41) is 0. The van der Waals surface area contributed by atoms with Gasteiger partial charge >= 0.3 is 0 Å². The molecule has 1 aromatic rings. The number of anilines is 2. The predicted molar refractivity (Wildman–Crippen MR) is 68.0 cm³/mol. The van der Waals surface area contributed by atoms with Crippen molar-refractivity contribution in [1.29, 1.82) is 0 Å². The van der Waals surface area contributed by atoms with Crippen LogP contribution in [-0.4, -0.2) is 31.1 Å². The molecule has 0 spiro atoms. The number of nitrogens with two attached hydrogens (primary N) is 2. The highest BCUT2D eigenvalue weighted by Crippen LogP contribution is 2.18. The molecule has 1 heterocycles. The van der Waals surface area contributed by atoms with Crippen molar-refractivity contribution in [2.75, 3.05) is 36.8 Å². The molecule has 1 saturated heterocycles. The van der Waals surface area contributed by atoms with Gasteiger partial charge < -0.3 is 21.3 Å². The van der Waals surface area contributed by atoms with Crippen molar-refractivity contribution in [1.82, 2.24) is 4.90 Å². The lowest BCUT2D eigenvalue weighted by Gasteiger charge is -2.37. The second kappa shape index (κ2) is 4.35. The van der Waals surface area contributed by atoms with E-state index >= 15 is 0 Å². The van der Waals surface area contributed by atoms with Gasteiger partial charge in [-0.25, -0.2) is 0 Å². The van der Waals surface area contributed by atoms with Gasteiger partial charge in [-0.15, -0.1) is 0 Å². The molecular formula is C12H18N4. The summed E-state index contributed by atoms with van der Waals surface area (Å²) in [6, 6.07) is 7.98. The van der Waals surface area contributed by atoms with Gasteiger partial charge in [0.05, 0.1) is 5.82 Å². The highest BCUT2D eigenvalue weighted by atomic mass is 15.3. The van der Waals surface area contributed by atoms with Crippen molar-refractivity contribution >= 4 is 11.4 Å². The molecule has 1 fully saturated rings. The fraction of sp³-hybridized carbons (Fsp3) is 0.333. The number of nitrogens with zero attached hydrogens (tertiary/aromatic N) is 2. The van der Waals surface area contributed by atoms with Crippen LogP contribution in [-0.2, 0) is 0 Å². The molecule has 86 valence electrons. The fourth-order valence-corrected chi connectivity index (χ4v) is 1.94. The van der Waals surface area contributed by atoms with E-state index in [1.54, 1.807) is 0 Å². The third-order valence-corrected chi connectivity index (χ3v) is 2.94. The maximum atomic E-state index is 5.67. The summed E-state index contributed by atoms with van der Waals surface area (Å²) in [5.41, 5.74) is 13.4. The van der Waals surface area contributed by atoms with Crippen LogP contribution in [0.15, 0.2) is 36.7 Å². The summed E-state index contributed by atoms with van der Waals surface area (Å²) in [6.45, 7) is 7.56. The van der Waals surface area contributed by atoms with Crippen LogP contribution < -0.4 is 16.4 Å². The number of hydrogen-bond donors (Lipinski definition) is 2. The zero-order chi connectivity index (χ0) is 11.5. The quantitative estimate of drug-likeness (QED) is 0.722. The van der Waals surface area contributed by atoms with Gasteiger partial charge in [0.1, 0.15) is 0 Å². The van der Waals surface area contributed by atoms with Gasteiger partial charge in [0.25, 0.3) is 0 Å². The SMILES string of the molecule is C=C(N)N1CCN(c2ccc(N)cc2)CC1. The molecule has 1 aromatic carbocycles. The monoisotopic (exact) mass is 218 g/mol. The van der Waals surface area contributed by atoms with Crippen molar-refractivity contribution in [3.05, 3.63) is 36.7 Å². The molecule has 2 rings (SSSR count). The molecule has 0 atom stereocenters. The molecule has 0 aliphatic carbocycles. The van der Waals surface area contributed by atoms with E-state index in [-0.39, 0.29) is 0 Å². The normalized spacial score (nSPS) is 16.2. The number of hydrogen-bond acceptors (Lipinski definition) is 4. The second-order valence-corrected chi connectivity index (χ2v) is 4.06. The van der Waals surface area contributed by atoms with Crippen LogP contribution in [0.5, 0.6) is 0 Å². The first-order chi connectivity index (χ1) is 7.66. The Morgan fingerprint density at radius 1 is 1.06 bits per heavy atom. The van der Waals surface area contributed by atoms with Crippen LogP contribution >= 0.6 is 0 Å². The van der Waals surface area contributed by atoms with E-state index < -0.39 is 0 Å². The first kappa shape index (κ1) is 10.7. The minimum absolute atomic E-state index is 0.664. The first-order valence-corrected chi connectivity index (χ1v) is 5.46. The Balaban J connectivity index is 1.99. The van der Waals surface area contributed by atoms with Crippen LogP contribution in [0.2, 0.25) is 0 Å². The highest BCUT2D eigenvalue weighted by Gasteiger charge is 2.16. The van der Waals surface area contributed by atoms with Crippen molar-refractivity contribution in [2.24, 2.45) is 5.73 Å². The van der Waals surface area contributed by atoms with E-state index in [1.807, 2.05) is 12.1 Å². The Bertz CT molecular complexity index is 363. The first-order valence-electron chi connectivity index (χ1n) is 5.46. The van der Waals surface area contributed by atoms with Gasteiger partial charge in [-0.1, -0.05) is 6.58 Å². The molecule has 0 bridgehead atoms. The van der Waals surface area contributed by atoms with E-state index in [4.69, 9.17) is 11.5 Å². The Hall–Kier alpha value is -1.84. The number of benzene rings is 1. The Morgan fingerprint density at radius 2 is 1.62 bits per heavy atom. The lowest BCUT2D eigenvalue weighted by Crippen LogP contribution is -2.47. The minimum atomic E-state index is 0.664. The number of nitrogen functional groups attached to an aromatic ring is 1. The zero-order valence-electron chi connectivity index (χ0n) is 9.39. The molecule has 1 aliphatic heterocycles. The van der Waals surface area contributed by atoms with E-state index in [9.17, 15) is 0 Å².